The number of Topliss-reactive ketones (excluding diaryl/α,β-unsaturated/α-hetero) is 1. The molecule has 2 rings (SSSR count). The molecule has 0 N–H and O–H groups in total. The zero-order chi connectivity index (χ0) is 12.5. The molecule has 17 heavy (non-hydrogen) atoms. The number of carbonyl (C=O) groups excluding carboxylic acids is 1. The van der Waals surface area contributed by atoms with Gasteiger partial charge in [-0.3, -0.25) is 4.79 Å². The minimum Gasteiger partial charge on any atom is -0.298 e. The number of ketones is 1. The summed E-state index contributed by atoms with van der Waals surface area (Å²) in [5, 5.41) is 0. The topological polar surface area (TPSA) is 57.7 Å². The van der Waals surface area contributed by atoms with Gasteiger partial charge in [0.05, 0.1) is 6.04 Å². The molecule has 1 atom stereocenters. The minimum atomic E-state index is -3.41. The minimum absolute atomic E-state index is 0.0347. The van der Waals surface area contributed by atoms with Crippen LogP contribution in [-0.4, -0.2) is 48.5 Å². The Morgan fingerprint density at radius 1 is 1.06 bits per heavy atom. The van der Waals surface area contributed by atoms with Gasteiger partial charge in [0.25, 0.3) is 10.2 Å². The molecule has 0 aromatic carbocycles. The summed E-state index contributed by atoms with van der Waals surface area (Å²) in [6.07, 6.45) is 4.32. The van der Waals surface area contributed by atoms with Gasteiger partial charge >= 0.3 is 0 Å². The molecule has 2 saturated heterocycles. The van der Waals surface area contributed by atoms with Crippen molar-refractivity contribution in [3.05, 3.63) is 0 Å². The van der Waals surface area contributed by atoms with E-state index in [0.29, 0.717) is 26.1 Å². The number of carbonyl (C=O) groups is 1. The smallest absolute Gasteiger partial charge is 0.282 e. The summed E-state index contributed by atoms with van der Waals surface area (Å²) in [6.45, 7) is 3.18. The number of hydrogen-bond donors (Lipinski definition) is 0. The Labute approximate surface area is 103 Å². The number of nitrogens with zero attached hydrogens (tertiary/aromatic N) is 2. The molecular weight excluding hydrogens is 240 g/mol. The van der Waals surface area contributed by atoms with E-state index in [4.69, 9.17) is 0 Å². The van der Waals surface area contributed by atoms with Crippen LogP contribution in [-0.2, 0) is 15.0 Å². The van der Waals surface area contributed by atoms with Crippen LogP contribution in [0.5, 0.6) is 0 Å². The molecule has 0 bridgehead atoms. The second-order valence-corrected chi connectivity index (χ2v) is 6.73. The predicted molar refractivity (Wildman–Crippen MR) is 64.8 cm³/mol. The van der Waals surface area contributed by atoms with Crippen molar-refractivity contribution >= 4 is 16.0 Å². The van der Waals surface area contributed by atoms with Crippen molar-refractivity contribution in [3.8, 4) is 0 Å². The van der Waals surface area contributed by atoms with Crippen LogP contribution < -0.4 is 0 Å². The van der Waals surface area contributed by atoms with E-state index in [1.807, 2.05) is 0 Å². The Bertz CT molecular complexity index is 388. The molecule has 0 amide bonds. The van der Waals surface area contributed by atoms with Crippen molar-refractivity contribution in [2.75, 3.05) is 19.6 Å². The molecule has 98 valence electrons. The fourth-order valence-corrected chi connectivity index (χ4v) is 4.61. The van der Waals surface area contributed by atoms with Gasteiger partial charge < -0.3 is 0 Å². The quantitative estimate of drug-likeness (QED) is 0.753. The molecule has 0 aromatic rings. The van der Waals surface area contributed by atoms with Crippen LogP contribution in [0.25, 0.3) is 0 Å². The Balaban J connectivity index is 2.20. The van der Waals surface area contributed by atoms with Crippen molar-refractivity contribution in [2.24, 2.45) is 0 Å². The van der Waals surface area contributed by atoms with E-state index in [1.165, 1.54) is 15.5 Å². The second-order valence-electron chi connectivity index (χ2n) is 4.85. The third-order valence-electron chi connectivity index (χ3n) is 3.61. The summed E-state index contributed by atoms with van der Waals surface area (Å²) in [5.74, 6) is -0.0347. The summed E-state index contributed by atoms with van der Waals surface area (Å²) in [4.78, 5) is 11.5. The first-order chi connectivity index (χ1) is 8.03. The normalized spacial score (nSPS) is 28.4. The van der Waals surface area contributed by atoms with Gasteiger partial charge in [-0.25, -0.2) is 0 Å². The van der Waals surface area contributed by atoms with E-state index >= 15 is 0 Å². The molecule has 0 saturated carbocycles. The molecule has 2 aliphatic heterocycles. The fourth-order valence-electron chi connectivity index (χ4n) is 2.65. The van der Waals surface area contributed by atoms with Crippen LogP contribution in [0.2, 0.25) is 0 Å². The van der Waals surface area contributed by atoms with E-state index in [9.17, 15) is 13.2 Å². The summed E-state index contributed by atoms with van der Waals surface area (Å²) >= 11 is 0. The van der Waals surface area contributed by atoms with Gasteiger partial charge in [0, 0.05) is 19.6 Å². The number of hydrogen-bond acceptors (Lipinski definition) is 3. The summed E-state index contributed by atoms with van der Waals surface area (Å²) in [5.41, 5.74) is 0. The maximum atomic E-state index is 12.4. The monoisotopic (exact) mass is 260 g/mol. The van der Waals surface area contributed by atoms with Crippen LogP contribution in [0, 0.1) is 0 Å². The Hall–Kier alpha value is -0.460. The van der Waals surface area contributed by atoms with Gasteiger partial charge in [0.2, 0.25) is 0 Å². The molecule has 2 aliphatic rings. The molecule has 2 fully saturated rings. The first-order valence-electron chi connectivity index (χ1n) is 6.31. The molecule has 1 unspecified atom stereocenters. The average Bonchev–Trinajstić information content (AvgIpc) is 2.83. The molecule has 0 aromatic heterocycles. The maximum Gasteiger partial charge on any atom is 0.282 e. The van der Waals surface area contributed by atoms with Gasteiger partial charge in [0.1, 0.15) is 5.78 Å². The Morgan fingerprint density at radius 2 is 1.65 bits per heavy atom. The van der Waals surface area contributed by atoms with Crippen LogP contribution in [0.3, 0.4) is 0 Å². The highest BCUT2D eigenvalue weighted by molar-refractivity contribution is 7.86. The van der Waals surface area contributed by atoms with Crippen molar-refractivity contribution < 1.29 is 13.2 Å². The van der Waals surface area contributed by atoms with E-state index in [2.05, 4.69) is 0 Å². The SMILES string of the molecule is CC(=O)C1CCCCN1S(=O)(=O)N1CCCC1. The summed E-state index contributed by atoms with van der Waals surface area (Å²) in [6, 6.07) is -0.436. The van der Waals surface area contributed by atoms with Crippen LogP contribution in [0.15, 0.2) is 0 Å². The van der Waals surface area contributed by atoms with Crippen molar-refractivity contribution in [2.45, 2.75) is 45.1 Å². The maximum absolute atomic E-state index is 12.4. The fraction of sp³-hybridized carbons (Fsp3) is 0.909. The molecule has 0 spiro atoms. The molecule has 0 aliphatic carbocycles. The third-order valence-corrected chi connectivity index (χ3v) is 5.66. The summed E-state index contributed by atoms with van der Waals surface area (Å²) in [7, 11) is -3.41. The number of piperidine rings is 1. The van der Waals surface area contributed by atoms with Gasteiger partial charge in [-0.15, -0.1) is 0 Å². The van der Waals surface area contributed by atoms with Crippen molar-refractivity contribution in [1.29, 1.82) is 0 Å². The molecule has 2 heterocycles. The standard InChI is InChI=1S/C11H20N2O3S/c1-10(14)11-6-2-3-9-13(11)17(15,16)12-7-4-5-8-12/h11H,2-9H2,1H3. The molecular formula is C11H20N2O3S. The first kappa shape index (κ1) is 13.0. The lowest BCUT2D eigenvalue weighted by molar-refractivity contribution is -0.121. The summed E-state index contributed by atoms with van der Waals surface area (Å²) < 4.78 is 27.7. The predicted octanol–water partition coefficient (Wildman–Crippen LogP) is 0.771. The van der Waals surface area contributed by atoms with Crippen LogP contribution in [0.1, 0.15) is 39.0 Å². The molecule has 5 nitrogen and oxygen atoms in total. The zero-order valence-electron chi connectivity index (χ0n) is 10.3. The van der Waals surface area contributed by atoms with Crippen LogP contribution >= 0.6 is 0 Å². The lowest BCUT2D eigenvalue weighted by Gasteiger charge is -2.35. The van der Waals surface area contributed by atoms with Crippen molar-refractivity contribution in [3.63, 3.8) is 0 Å². The number of rotatable bonds is 3. The lowest BCUT2D eigenvalue weighted by atomic mass is 10.0. The highest BCUT2D eigenvalue weighted by Gasteiger charge is 2.39. The van der Waals surface area contributed by atoms with E-state index in [0.717, 1.165) is 25.7 Å². The van der Waals surface area contributed by atoms with Crippen molar-refractivity contribution in [1.82, 2.24) is 8.61 Å². The van der Waals surface area contributed by atoms with Gasteiger partial charge in [-0.1, -0.05) is 6.42 Å². The van der Waals surface area contributed by atoms with Gasteiger partial charge in [-0.05, 0) is 32.6 Å². The largest absolute Gasteiger partial charge is 0.298 e. The van der Waals surface area contributed by atoms with E-state index < -0.39 is 16.3 Å². The third kappa shape index (κ3) is 2.53. The van der Waals surface area contributed by atoms with Gasteiger partial charge in [0.15, 0.2) is 0 Å². The van der Waals surface area contributed by atoms with Gasteiger partial charge in [-0.2, -0.15) is 17.0 Å². The zero-order valence-corrected chi connectivity index (χ0v) is 11.1. The lowest BCUT2D eigenvalue weighted by Crippen LogP contribution is -2.52. The van der Waals surface area contributed by atoms with Crippen LogP contribution in [0.4, 0.5) is 0 Å². The van der Waals surface area contributed by atoms with E-state index in [1.54, 1.807) is 0 Å². The van der Waals surface area contributed by atoms with E-state index in [-0.39, 0.29) is 5.78 Å². The highest BCUT2D eigenvalue weighted by atomic mass is 32.2. The molecule has 0 radical (unpaired) electrons. The Morgan fingerprint density at radius 3 is 2.24 bits per heavy atom. The average molecular weight is 260 g/mol. The highest BCUT2D eigenvalue weighted by Crippen LogP contribution is 2.25. The second kappa shape index (κ2) is 5.04. The molecule has 6 heteroatoms. The Kier molecular flexibility index (Phi) is 3.85. The first-order valence-corrected chi connectivity index (χ1v) is 7.70.